The Morgan fingerprint density at radius 2 is 1.65 bits per heavy atom. The third-order valence-corrected chi connectivity index (χ3v) is 3.85. The lowest BCUT2D eigenvalue weighted by Gasteiger charge is -2.33. The van der Waals surface area contributed by atoms with Crippen molar-refractivity contribution < 1.29 is 14.3 Å². The van der Waals surface area contributed by atoms with E-state index < -0.39 is 5.97 Å². The van der Waals surface area contributed by atoms with Crippen LogP contribution < -0.4 is 5.32 Å². The summed E-state index contributed by atoms with van der Waals surface area (Å²) in [6, 6.07) is 7.12. The highest BCUT2D eigenvalue weighted by atomic mass is 32.2. The summed E-state index contributed by atoms with van der Waals surface area (Å²) in [4.78, 5) is 25.0. The van der Waals surface area contributed by atoms with Crippen molar-refractivity contribution in [2.75, 3.05) is 12.9 Å². The number of ether oxygens (including phenoxy) is 1. The Kier molecular flexibility index (Phi) is 6.69. The Morgan fingerprint density at radius 1 is 1.09 bits per heavy atom. The predicted octanol–water partition coefficient (Wildman–Crippen LogP) is 3.90. The minimum absolute atomic E-state index is 0.104. The SMILES string of the molecule is CSc1ccc(C(=O)OCC(=O)NC(C)(C)CC(C)(C)C)cc1. The molecule has 0 saturated carbocycles. The number of carbonyl (C=O) groups is 2. The van der Waals surface area contributed by atoms with Gasteiger partial charge in [-0.15, -0.1) is 11.8 Å². The van der Waals surface area contributed by atoms with E-state index in [0.29, 0.717) is 5.56 Å². The van der Waals surface area contributed by atoms with Gasteiger partial charge in [-0.1, -0.05) is 20.8 Å². The van der Waals surface area contributed by atoms with Crippen LogP contribution in [0.3, 0.4) is 0 Å². The first-order chi connectivity index (χ1) is 10.5. The Hall–Kier alpha value is -1.49. The second-order valence-corrected chi connectivity index (χ2v) is 8.35. The molecule has 1 amide bonds. The fraction of sp³-hybridized carbons (Fsp3) is 0.556. The molecule has 1 aromatic carbocycles. The maximum atomic E-state index is 12.0. The average molecular weight is 337 g/mol. The van der Waals surface area contributed by atoms with E-state index in [0.717, 1.165) is 11.3 Å². The Morgan fingerprint density at radius 3 is 2.13 bits per heavy atom. The van der Waals surface area contributed by atoms with E-state index in [4.69, 9.17) is 4.74 Å². The highest BCUT2D eigenvalue weighted by Gasteiger charge is 2.27. The fourth-order valence-electron chi connectivity index (χ4n) is 2.73. The van der Waals surface area contributed by atoms with Gasteiger partial charge in [-0.05, 0) is 56.2 Å². The van der Waals surface area contributed by atoms with E-state index in [2.05, 4.69) is 26.1 Å². The standard InChI is InChI=1S/C18H27NO3S/c1-17(2,3)12-18(4,5)19-15(20)11-22-16(21)13-7-9-14(23-6)10-8-13/h7-10H,11-12H2,1-6H3,(H,19,20). The van der Waals surface area contributed by atoms with Gasteiger partial charge in [0.05, 0.1) is 5.56 Å². The summed E-state index contributed by atoms with van der Waals surface area (Å²) in [6.45, 7) is 10.0. The summed E-state index contributed by atoms with van der Waals surface area (Å²) >= 11 is 1.60. The van der Waals surface area contributed by atoms with Gasteiger partial charge in [-0.2, -0.15) is 0 Å². The molecule has 0 aromatic heterocycles. The van der Waals surface area contributed by atoms with Crippen LogP contribution in [0.5, 0.6) is 0 Å². The van der Waals surface area contributed by atoms with E-state index in [1.807, 2.05) is 32.2 Å². The summed E-state index contributed by atoms with van der Waals surface area (Å²) < 4.78 is 5.08. The molecule has 0 saturated heterocycles. The number of esters is 1. The normalized spacial score (nSPS) is 11.9. The molecular weight excluding hydrogens is 310 g/mol. The molecule has 0 fully saturated rings. The summed E-state index contributed by atoms with van der Waals surface area (Å²) in [5, 5.41) is 2.92. The largest absolute Gasteiger partial charge is 0.452 e. The minimum atomic E-state index is -0.485. The zero-order chi connectivity index (χ0) is 17.7. The lowest BCUT2D eigenvalue weighted by atomic mass is 9.82. The maximum Gasteiger partial charge on any atom is 0.338 e. The van der Waals surface area contributed by atoms with Crippen molar-refractivity contribution in [1.29, 1.82) is 0 Å². The lowest BCUT2D eigenvalue weighted by molar-refractivity contribution is -0.126. The second-order valence-electron chi connectivity index (χ2n) is 7.47. The minimum Gasteiger partial charge on any atom is -0.452 e. The summed E-state index contributed by atoms with van der Waals surface area (Å²) in [6.07, 6.45) is 2.80. The van der Waals surface area contributed by atoms with Crippen molar-refractivity contribution in [2.24, 2.45) is 5.41 Å². The Bertz CT molecular complexity index is 544. The maximum absolute atomic E-state index is 12.0. The molecule has 5 heteroatoms. The number of nitrogens with one attached hydrogen (secondary N) is 1. The van der Waals surface area contributed by atoms with E-state index >= 15 is 0 Å². The number of hydrogen-bond donors (Lipinski definition) is 1. The molecule has 0 aliphatic carbocycles. The fourth-order valence-corrected chi connectivity index (χ4v) is 3.13. The average Bonchev–Trinajstić information content (AvgIpc) is 2.41. The first kappa shape index (κ1) is 19.6. The van der Waals surface area contributed by atoms with Crippen LogP contribution in [-0.4, -0.2) is 30.3 Å². The topological polar surface area (TPSA) is 55.4 Å². The van der Waals surface area contributed by atoms with Crippen LogP contribution in [0.15, 0.2) is 29.2 Å². The monoisotopic (exact) mass is 337 g/mol. The van der Waals surface area contributed by atoms with Crippen molar-refractivity contribution >= 4 is 23.6 Å². The third-order valence-electron chi connectivity index (χ3n) is 3.11. The van der Waals surface area contributed by atoms with Gasteiger partial charge in [-0.25, -0.2) is 4.79 Å². The smallest absolute Gasteiger partial charge is 0.338 e. The molecule has 4 nitrogen and oxygen atoms in total. The molecule has 0 unspecified atom stereocenters. The van der Waals surface area contributed by atoms with Crippen LogP contribution >= 0.6 is 11.8 Å². The quantitative estimate of drug-likeness (QED) is 0.632. The predicted molar refractivity (Wildman–Crippen MR) is 94.8 cm³/mol. The molecule has 23 heavy (non-hydrogen) atoms. The van der Waals surface area contributed by atoms with E-state index in [-0.39, 0.29) is 23.5 Å². The molecule has 0 atom stereocenters. The number of benzene rings is 1. The van der Waals surface area contributed by atoms with Crippen molar-refractivity contribution in [1.82, 2.24) is 5.32 Å². The molecule has 1 rings (SSSR count). The van der Waals surface area contributed by atoms with Crippen LogP contribution in [0.25, 0.3) is 0 Å². The van der Waals surface area contributed by atoms with E-state index in [1.54, 1.807) is 23.9 Å². The van der Waals surface area contributed by atoms with Gasteiger partial charge >= 0.3 is 5.97 Å². The summed E-state index contributed by atoms with van der Waals surface area (Å²) in [5.74, 6) is -0.769. The summed E-state index contributed by atoms with van der Waals surface area (Å²) in [7, 11) is 0. The zero-order valence-electron chi connectivity index (χ0n) is 14.9. The number of amides is 1. The highest BCUT2D eigenvalue weighted by molar-refractivity contribution is 7.98. The van der Waals surface area contributed by atoms with Gasteiger partial charge in [0.2, 0.25) is 0 Å². The molecule has 1 aromatic rings. The van der Waals surface area contributed by atoms with Crippen LogP contribution in [0.1, 0.15) is 51.4 Å². The first-order valence-electron chi connectivity index (χ1n) is 7.65. The van der Waals surface area contributed by atoms with Gasteiger partial charge in [-0.3, -0.25) is 4.79 Å². The molecule has 0 heterocycles. The molecule has 0 radical (unpaired) electrons. The number of carbonyl (C=O) groups excluding carboxylic acids is 2. The van der Waals surface area contributed by atoms with Gasteiger partial charge in [0.25, 0.3) is 5.91 Å². The molecular formula is C18H27NO3S. The zero-order valence-corrected chi connectivity index (χ0v) is 15.7. The van der Waals surface area contributed by atoms with Crippen molar-refractivity contribution in [2.45, 2.75) is 51.5 Å². The molecule has 0 spiro atoms. The van der Waals surface area contributed by atoms with Gasteiger partial charge in [0.1, 0.15) is 0 Å². The van der Waals surface area contributed by atoms with Crippen LogP contribution in [0.4, 0.5) is 0 Å². The van der Waals surface area contributed by atoms with Crippen molar-refractivity contribution in [3.63, 3.8) is 0 Å². The van der Waals surface area contributed by atoms with Crippen LogP contribution in [0, 0.1) is 5.41 Å². The molecule has 1 N–H and O–H groups in total. The lowest BCUT2D eigenvalue weighted by Crippen LogP contribution is -2.47. The number of thioether (sulfide) groups is 1. The Balaban J connectivity index is 2.50. The van der Waals surface area contributed by atoms with Crippen LogP contribution in [-0.2, 0) is 9.53 Å². The van der Waals surface area contributed by atoms with E-state index in [9.17, 15) is 9.59 Å². The van der Waals surface area contributed by atoms with Gasteiger partial charge in [0.15, 0.2) is 6.61 Å². The van der Waals surface area contributed by atoms with Crippen LogP contribution in [0.2, 0.25) is 0 Å². The Labute approximate surface area is 143 Å². The number of hydrogen-bond acceptors (Lipinski definition) is 4. The second kappa shape index (κ2) is 7.86. The van der Waals surface area contributed by atoms with Gasteiger partial charge < -0.3 is 10.1 Å². The van der Waals surface area contributed by atoms with E-state index in [1.165, 1.54) is 0 Å². The summed E-state index contributed by atoms with van der Waals surface area (Å²) in [5.41, 5.74) is 0.207. The van der Waals surface area contributed by atoms with Crippen molar-refractivity contribution in [3.05, 3.63) is 29.8 Å². The van der Waals surface area contributed by atoms with Gasteiger partial charge in [0, 0.05) is 10.4 Å². The highest BCUT2D eigenvalue weighted by Crippen LogP contribution is 2.26. The van der Waals surface area contributed by atoms with Crippen molar-refractivity contribution in [3.8, 4) is 0 Å². The first-order valence-corrected chi connectivity index (χ1v) is 8.87. The molecule has 0 aliphatic heterocycles. The third kappa shape index (κ3) is 7.55. The molecule has 0 bridgehead atoms. The number of rotatable bonds is 6. The molecule has 128 valence electrons. The molecule has 0 aliphatic rings.